The highest BCUT2D eigenvalue weighted by Gasteiger charge is 2.38. The van der Waals surface area contributed by atoms with E-state index in [0.717, 1.165) is 18.6 Å². The van der Waals surface area contributed by atoms with Crippen LogP contribution in [0.3, 0.4) is 0 Å². The number of halogens is 2. The van der Waals surface area contributed by atoms with Crippen LogP contribution < -0.4 is 5.46 Å². The van der Waals surface area contributed by atoms with Gasteiger partial charge in [-0.3, -0.25) is 0 Å². The minimum Gasteiger partial charge on any atom is -0.405 e. The van der Waals surface area contributed by atoms with Gasteiger partial charge in [0.25, 0.3) is 0 Å². The molecular formula is C12H15BF2O2. The SMILES string of the molecule is CC1CC(C)(C)OB(c2ccc(F)c(F)c2)O1. The van der Waals surface area contributed by atoms with E-state index >= 15 is 0 Å². The van der Waals surface area contributed by atoms with E-state index in [1.165, 1.54) is 6.07 Å². The summed E-state index contributed by atoms with van der Waals surface area (Å²) in [5.41, 5.74) is 0.177. The van der Waals surface area contributed by atoms with Crippen molar-refractivity contribution < 1.29 is 18.1 Å². The highest BCUT2D eigenvalue weighted by molar-refractivity contribution is 6.61. The second-order valence-corrected chi connectivity index (χ2v) is 5.03. The van der Waals surface area contributed by atoms with Crippen molar-refractivity contribution in [3.8, 4) is 0 Å². The Morgan fingerprint density at radius 2 is 2.00 bits per heavy atom. The van der Waals surface area contributed by atoms with Crippen LogP contribution in [0.1, 0.15) is 27.2 Å². The zero-order chi connectivity index (χ0) is 12.6. The molecule has 0 bridgehead atoms. The van der Waals surface area contributed by atoms with E-state index in [4.69, 9.17) is 9.31 Å². The van der Waals surface area contributed by atoms with Crippen LogP contribution in [0.5, 0.6) is 0 Å². The summed E-state index contributed by atoms with van der Waals surface area (Å²) in [6.45, 7) is 5.86. The van der Waals surface area contributed by atoms with Crippen molar-refractivity contribution in [2.75, 3.05) is 0 Å². The van der Waals surface area contributed by atoms with Gasteiger partial charge in [0.2, 0.25) is 0 Å². The zero-order valence-corrected chi connectivity index (χ0v) is 10.2. The topological polar surface area (TPSA) is 18.5 Å². The smallest absolute Gasteiger partial charge is 0.405 e. The fourth-order valence-corrected chi connectivity index (χ4v) is 2.12. The maximum atomic E-state index is 13.1. The van der Waals surface area contributed by atoms with Crippen molar-refractivity contribution in [3.05, 3.63) is 29.8 Å². The van der Waals surface area contributed by atoms with Gasteiger partial charge in [0.1, 0.15) is 0 Å². The molecule has 1 aliphatic heterocycles. The van der Waals surface area contributed by atoms with Crippen LogP contribution in [0, 0.1) is 11.6 Å². The fraction of sp³-hybridized carbons (Fsp3) is 0.500. The summed E-state index contributed by atoms with van der Waals surface area (Å²) in [5, 5.41) is 0. The molecule has 2 rings (SSSR count). The molecule has 1 aliphatic rings. The van der Waals surface area contributed by atoms with Crippen LogP contribution in [0.25, 0.3) is 0 Å². The third-order valence-electron chi connectivity index (χ3n) is 2.78. The lowest BCUT2D eigenvalue weighted by molar-refractivity contribution is -0.0230. The van der Waals surface area contributed by atoms with Gasteiger partial charge in [-0.15, -0.1) is 0 Å². The summed E-state index contributed by atoms with van der Waals surface area (Å²) in [7, 11) is -0.635. The van der Waals surface area contributed by atoms with Gasteiger partial charge in [0.05, 0.1) is 5.60 Å². The molecule has 0 N–H and O–H groups in total. The lowest BCUT2D eigenvalue weighted by atomic mass is 9.75. The fourth-order valence-electron chi connectivity index (χ4n) is 2.12. The molecule has 5 heteroatoms. The number of hydrogen-bond donors (Lipinski definition) is 0. The van der Waals surface area contributed by atoms with Crippen LogP contribution in [0.4, 0.5) is 8.78 Å². The summed E-state index contributed by atoms with van der Waals surface area (Å²) < 4.78 is 37.3. The second kappa shape index (κ2) is 4.39. The van der Waals surface area contributed by atoms with Crippen molar-refractivity contribution in [3.63, 3.8) is 0 Å². The highest BCUT2D eigenvalue weighted by Crippen LogP contribution is 2.25. The van der Waals surface area contributed by atoms with Gasteiger partial charge in [-0.1, -0.05) is 6.07 Å². The molecule has 1 heterocycles. The van der Waals surface area contributed by atoms with Crippen LogP contribution in [-0.2, 0) is 9.31 Å². The first-order valence-electron chi connectivity index (χ1n) is 5.66. The largest absolute Gasteiger partial charge is 0.494 e. The molecule has 0 aromatic heterocycles. The van der Waals surface area contributed by atoms with E-state index in [9.17, 15) is 8.78 Å². The Kier molecular flexibility index (Phi) is 3.23. The highest BCUT2D eigenvalue weighted by atomic mass is 19.2. The molecule has 1 atom stereocenters. The standard InChI is InChI=1S/C12H15BF2O2/c1-8-7-12(2,3)17-13(16-8)9-4-5-10(14)11(15)6-9/h4-6,8H,7H2,1-3H3. The molecule has 17 heavy (non-hydrogen) atoms. The predicted octanol–water partition coefficient (Wildman–Crippen LogP) is 2.26. The molecule has 1 aromatic rings. The third kappa shape index (κ3) is 2.84. The van der Waals surface area contributed by atoms with E-state index in [1.807, 2.05) is 20.8 Å². The monoisotopic (exact) mass is 240 g/mol. The molecule has 1 fully saturated rings. The molecule has 1 unspecified atom stereocenters. The maximum absolute atomic E-state index is 13.1. The first-order chi connectivity index (χ1) is 7.87. The van der Waals surface area contributed by atoms with Crippen molar-refractivity contribution in [1.82, 2.24) is 0 Å². The van der Waals surface area contributed by atoms with E-state index < -0.39 is 18.8 Å². The Labute approximate surface area is 100 Å². The predicted molar refractivity (Wildman–Crippen MR) is 62.1 cm³/mol. The molecule has 0 amide bonds. The molecule has 1 saturated heterocycles. The summed E-state index contributed by atoms with van der Waals surface area (Å²) in [4.78, 5) is 0. The minimum atomic E-state index is -0.884. The first kappa shape index (κ1) is 12.5. The molecule has 1 aromatic carbocycles. The second-order valence-electron chi connectivity index (χ2n) is 5.03. The van der Waals surface area contributed by atoms with Crippen molar-refractivity contribution in [2.24, 2.45) is 0 Å². The van der Waals surface area contributed by atoms with E-state index in [0.29, 0.717) is 5.46 Å². The Morgan fingerprint density at radius 3 is 2.59 bits per heavy atom. The summed E-state index contributed by atoms with van der Waals surface area (Å²) in [6.07, 6.45) is 0.796. The quantitative estimate of drug-likeness (QED) is 0.701. The van der Waals surface area contributed by atoms with Crippen LogP contribution in [0.15, 0.2) is 18.2 Å². The van der Waals surface area contributed by atoms with E-state index in [1.54, 1.807) is 0 Å². The Hall–Kier alpha value is -0.935. The molecule has 92 valence electrons. The summed E-state index contributed by atoms with van der Waals surface area (Å²) in [6, 6.07) is 3.69. The Balaban J connectivity index is 2.24. The van der Waals surface area contributed by atoms with Crippen molar-refractivity contribution in [1.29, 1.82) is 0 Å². The summed E-state index contributed by atoms with van der Waals surface area (Å²) in [5.74, 6) is -1.75. The number of benzene rings is 1. The molecule has 0 aliphatic carbocycles. The van der Waals surface area contributed by atoms with Gasteiger partial charge < -0.3 is 9.31 Å². The van der Waals surface area contributed by atoms with Gasteiger partial charge in [-0.25, -0.2) is 8.78 Å². The van der Waals surface area contributed by atoms with Gasteiger partial charge in [-0.05, 0) is 44.8 Å². The van der Waals surface area contributed by atoms with Crippen molar-refractivity contribution in [2.45, 2.75) is 38.9 Å². The average molecular weight is 240 g/mol. The molecule has 0 radical (unpaired) electrons. The van der Waals surface area contributed by atoms with Crippen LogP contribution in [0.2, 0.25) is 0 Å². The summed E-state index contributed by atoms with van der Waals surface area (Å²) >= 11 is 0. The molecular weight excluding hydrogens is 225 g/mol. The first-order valence-corrected chi connectivity index (χ1v) is 5.66. The van der Waals surface area contributed by atoms with Gasteiger partial charge in [0.15, 0.2) is 11.6 Å². The van der Waals surface area contributed by atoms with Crippen molar-refractivity contribution >= 4 is 12.6 Å². The van der Waals surface area contributed by atoms with E-state index in [-0.39, 0.29) is 11.7 Å². The third-order valence-corrected chi connectivity index (χ3v) is 2.78. The Morgan fingerprint density at radius 1 is 1.29 bits per heavy atom. The average Bonchev–Trinajstić information content (AvgIpc) is 2.19. The van der Waals surface area contributed by atoms with Gasteiger partial charge >= 0.3 is 7.12 Å². The van der Waals surface area contributed by atoms with Gasteiger partial charge in [-0.2, -0.15) is 0 Å². The van der Waals surface area contributed by atoms with E-state index in [2.05, 4.69) is 0 Å². The number of hydrogen-bond acceptors (Lipinski definition) is 2. The Bertz CT molecular complexity index is 423. The normalized spacial score (nSPS) is 23.8. The maximum Gasteiger partial charge on any atom is 0.494 e. The molecule has 0 spiro atoms. The lowest BCUT2D eigenvalue weighted by Gasteiger charge is -2.38. The lowest BCUT2D eigenvalue weighted by Crippen LogP contribution is -2.51. The molecule has 2 nitrogen and oxygen atoms in total. The van der Waals surface area contributed by atoms with Gasteiger partial charge in [0, 0.05) is 6.10 Å². The number of rotatable bonds is 1. The molecule has 0 saturated carbocycles. The minimum absolute atomic E-state index is 0.0249. The van der Waals surface area contributed by atoms with Crippen LogP contribution >= 0.6 is 0 Å². The zero-order valence-electron chi connectivity index (χ0n) is 10.2. The van der Waals surface area contributed by atoms with Crippen LogP contribution in [-0.4, -0.2) is 18.8 Å².